The lowest BCUT2D eigenvalue weighted by Crippen LogP contribution is -2.48. The fourth-order valence-electron chi connectivity index (χ4n) is 4.84. The van der Waals surface area contributed by atoms with Gasteiger partial charge in [0.1, 0.15) is 0 Å². The Bertz CT molecular complexity index is 1790. The summed E-state index contributed by atoms with van der Waals surface area (Å²) in [6.45, 7) is 3.08. The van der Waals surface area contributed by atoms with Gasteiger partial charge in [-0.15, -0.1) is 0 Å². The number of carbonyl (C=O) groups excluding carboxylic acids is 2. The van der Waals surface area contributed by atoms with Gasteiger partial charge in [-0.25, -0.2) is 19.3 Å². The minimum absolute atomic E-state index is 0.133. The fraction of sp³-hybridized carbons (Fsp3) is 0.107. The van der Waals surface area contributed by atoms with E-state index < -0.39 is 23.4 Å². The van der Waals surface area contributed by atoms with Crippen molar-refractivity contribution in [1.29, 1.82) is 0 Å². The van der Waals surface area contributed by atoms with E-state index in [1.54, 1.807) is 54.7 Å². The van der Waals surface area contributed by atoms with Gasteiger partial charge in [-0.1, -0.05) is 41.9 Å². The van der Waals surface area contributed by atoms with Crippen molar-refractivity contribution in [3.8, 4) is 0 Å². The molecule has 0 aliphatic carbocycles. The predicted octanol–water partition coefficient (Wildman–Crippen LogP) is 5.62. The Hall–Kier alpha value is -4.83. The Balaban J connectivity index is 1.56. The van der Waals surface area contributed by atoms with Crippen LogP contribution >= 0.6 is 11.6 Å². The summed E-state index contributed by atoms with van der Waals surface area (Å²) in [7, 11) is 0. The molecule has 1 aliphatic rings. The monoisotopic (exact) mass is 542 g/mol. The number of halogens is 2. The Labute approximate surface area is 226 Å². The van der Waals surface area contributed by atoms with Crippen LogP contribution in [0.25, 0.3) is 11.0 Å². The number of anilines is 3. The molecule has 39 heavy (non-hydrogen) atoms. The highest BCUT2D eigenvalue weighted by molar-refractivity contribution is 6.31. The van der Waals surface area contributed by atoms with Crippen molar-refractivity contribution in [2.45, 2.75) is 19.6 Å². The van der Waals surface area contributed by atoms with Gasteiger partial charge in [-0.2, -0.15) is 0 Å². The number of rotatable bonds is 5. The maximum atomic E-state index is 15.4. The molecule has 1 amide bonds. The molecule has 11 heteroatoms. The number of fused-ring (bicyclic) bond motifs is 2. The summed E-state index contributed by atoms with van der Waals surface area (Å²) in [6.07, 6.45) is 1.63. The van der Waals surface area contributed by atoms with Crippen molar-refractivity contribution in [3.63, 3.8) is 0 Å². The van der Waals surface area contributed by atoms with Crippen LogP contribution < -0.4 is 10.2 Å². The number of carbonyl (C=O) groups is 2. The molecule has 0 spiro atoms. The molecule has 2 aromatic heterocycles. The lowest BCUT2D eigenvalue weighted by Gasteiger charge is -2.38. The van der Waals surface area contributed by atoms with Gasteiger partial charge in [0, 0.05) is 35.5 Å². The average Bonchev–Trinajstić information content (AvgIpc) is 3.41. The van der Waals surface area contributed by atoms with Crippen LogP contribution in [-0.4, -0.2) is 31.8 Å². The van der Waals surface area contributed by atoms with E-state index in [1.165, 1.54) is 25.1 Å². The molecule has 1 aliphatic heterocycles. The predicted molar refractivity (Wildman–Crippen MR) is 143 cm³/mol. The minimum Gasteiger partial charge on any atom is -0.430 e. The van der Waals surface area contributed by atoms with E-state index in [0.29, 0.717) is 34.1 Å². The number of imidazole rings is 1. The number of aromatic amines is 1. The van der Waals surface area contributed by atoms with Gasteiger partial charge in [0.25, 0.3) is 5.91 Å². The average molecular weight is 543 g/mol. The van der Waals surface area contributed by atoms with Crippen LogP contribution in [0, 0.1) is 12.7 Å². The van der Waals surface area contributed by atoms with Crippen molar-refractivity contribution in [2.75, 3.05) is 10.2 Å². The molecule has 1 atom stereocenters. The third-order valence-electron chi connectivity index (χ3n) is 6.40. The van der Waals surface area contributed by atoms with Crippen molar-refractivity contribution >= 4 is 52.1 Å². The highest BCUT2D eigenvalue weighted by atomic mass is 35.5. The number of hydrogen-bond acceptors (Lipinski definition) is 7. The van der Waals surface area contributed by atoms with Gasteiger partial charge >= 0.3 is 5.97 Å². The Kier molecular flexibility index (Phi) is 5.76. The van der Waals surface area contributed by atoms with E-state index in [0.717, 1.165) is 10.6 Å². The molecule has 3 heterocycles. The Morgan fingerprint density at radius 2 is 1.92 bits per heavy atom. The number of benzene rings is 3. The number of ether oxygens (including phenoxy) is 1. The number of aromatic nitrogens is 4. The zero-order valence-electron chi connectivity index (χ0n) is 20.7. The molecule has 3 aromatic carbocycles. The van der Waals surface area contributed by atoms with E-state index in [1.807, 2.05) is 6.92 Å². The zero-order valence-corrected chi connectivity index (χ0v) is 21.5. The first-order valence-corrected chi connectivity index (χ1v) is 12.3. The molecule has 6 rings (SSSR count). The standard InChI is InChI=1S/C28H20ClFN6O3/c1-15-12-13-31-26(32-15)35-27-33-21-11-10-17(14-22(21)34-27)28(39-16(2)37)19-7-4-3-6-18(19)25(38)36(28)23-9-5-8-20(29)24(23)30/h3-14H,1-2H3,(H2,31,32,33,34,35). The molecule has 0 saturated heterocycles. The summed E-state index contributed by atoms with van der Waals surface area (Å²) in [6, 6.07) is 17.9. The largest absolute Gasteiger partial charge is 0.430 e. The highest BCUT2D eigenvalue weighted by Gasteiger charge is 2.55. The van der Waals surface area contributed by atoms with Crippen LogP contribution in [0.4, 0.5) is 22.0 Å². The summed E-state index contributed by atoms with van der Waals surface area (Å²) in [5.74, 6) is -1.29. The lowest BCUT2D eigenvalue weighted by molar-refractivity contribution is -0.153. The smallest absolute Gasteiger partial charge is 0.305 e. The van der Waals surface area contributed by atoms with Crippen molar-refractivity contribution in [2.24, 2.45) is 0 Å². The second-order valence-electron chi connectivity index (χ2n) is 8.96. The second-order valence-corrected chi connectivity index (χ2v) is 9.37. The molecule has 2 N–H and O–H groups in total. The third-order valence-corrected chi connectivity index (χ3v) is 6.70. The van der Waals surface area contributed by atoms with E-state index >= 15 is 4.39 Å². The molecular formula is C28H20ClFN6O3. The van der Waals surface area contributed by atoms with E-state index in [4.69, 9.17) is 16.3 Å². The SMILES string of the molecule is CC(=O)OC1(c2ccc3[nH]c(Nc4nccc(C)n4)nc3c2)c2ccccc2C(=O)N1c1cccc(Cl)c1F. The van der Waals surface area contributed by atoms with Crippen molar-refractivity contribution < 1.29 is 18.7 Å². The summed E-state index contributed by atoms with van der Waals surface area (Å²) in [5, 5.41) is 2.86. The topological polar surface area (TPSA) is 113 Å². The maximum Gasteiger partial charge on any atom is 0.305 e. The number of nitrogens with zero attached hydrogens (tertiary/aromatic N) is 4. The molecular weight excluding hydrogens is 523 g/mol. The summed E-state index contributed by atoms with van der Waals surface area (Å²) in [5.41, 5.74) is 1.00. The van der Waals surface area contributed by atoms with E-state index in [2.05, 4.69) is 25.3 Å². The molecule has 0 fully saturated rings. The van der Waals surface area contributed by atoms with Crippen molar-refractivity contribution in [3.05, 3.63) is 106 Å². The number of aryl methyl sites for hydroxylation is 1. The summed E-state index contributed by atoms with van der Waals surface area (Å²) < 4.78 is 21.4. The number of esters is 1. The first kappa shape index (κ1) is 24.5. The molecule has 0 radical (unpaired) electrons. The van der Waals surface area contributed by atoms with E-state index in [-0.39, 0.29) is 16.3 Å². The van der Waals surface area contributed by atoms with E-state index in [9.17, 15) is 9.59 Å². The van der Waals surface area contributed by atoms with Gasteiger partial charge in [-0.3, -0.25) is 19.8 Å². The Morgan fingerprint density at radius 3 is 2.72 bits per heavy atom. The summed E-state index contributed by atoms with van der Waals surface area (Å²) in [4.78, 5) is 43.8. The molecule has 0 bridgehead atoms. The third kappa shape index (κ3) is 3.96. The lowest BCUT2D eigenvalue weighted by atomic mass is 9.92. The number of amides is 1. The first-order chi connectivity index (χ1) is 18.8. The molecule has 5 aromatic rings. The fourth-order valence-corrected chi connectivity index (χ4v) is 5.01. The minimum atomic E-state index is -1.83. The first-order valence-electron chi connectivity index (χ1n) is 11.9. The zero-order chi connectivity index (χ0) is 27.3. The van der Waals surface area contributed by atoms with Gasteiger partial charge in [0.05, 0.1) is 21.7 Å². The van der Waals surface area contributed by atoms with Crippen LogP contribution in [0.2, 0.25) is 5.02 Å². The molecule has 9 nitrogen and oxygen atoms in total. The quantitative estimate of drug-likeness (QED) is 0.277. The maximum absolute atomic E-state index is 15.4. The van der Waals surface area contributed by atoms with Crippen LogP contribution in [0.15, 0.2) is 72.9 Å². The highest BCUT2D eigenvalue weighted by Crippen LogP contribution is 2.49. The Morgan fingerprint density at radius 1 is 1.10 bits per heavy atom. The van der Waals surface area contributed by atoms with Gasteiger partial charge in [-0.05, 0) is 43.3 Å². The van der Waals surface area contributed by atoms with Gasteiger partial charge < -0.3 is 9.72 Å². The van der Waals surface area contributed by atoms with Gasteiger partial charge in [0.2, 0.25) is 17.6 Å². The van der Waals surface area contributed by atoms with Crippen molar-refractivity contribution in [1.82, 2.24) is 19.9 Å². The summed E-state index contributed by atoms with van der Waals surface area (Å²) >= 11 is 6.10. The number of hydrogen-bond donors (Lipinski definition) is 2. The van der Waals surface area contributed by atoms with Crippen LogP contribution in [0.5, 0.6) is 0 Å². The molecule has 0 saturated carbocycles. The molecule has 194 valence electrons. The second kappa shape index (κ2) is 9.17. The number of nitrogens with one attached hydrogen (secondary N) is 2. The van der Waals surface area contributed by atoms with Gasteiger partial charge in [0.15, 0.2) is 5.82 Å². The molecule has 1 unspecified atom stereocenters. The van der Waals surface area contributed by atoms with Crippen LogP contribution in [0.3, 0.4) is 0 Å². The van der Waals surface area contributed by atoms with Crippen LogP contribution in [-0.2, 0) is 15.3 Å². The normalized spacial score (nSPS) is 16.4. The van der Waals surface area contributed by atoms with Crippen LogP contribution in [0.1, 0.15) is 34.1 Å². The number of H-pyrrole nitrogens is 1.